The molecule has 1 aromatic heterocycles. The molecule has 8 heteroatoms. The molecule has 0 aliphatic rings. The summed E-state index contributed by atoms with van der Waals surface area (Å²) in [6, 6.07) is 0.0834. The van der Waals surface area contributed by atoms with Crippen LogP contribution in [0.15, 0.2) is 23.4 Å². The number of unbranched alkanes of at least 4 members (excludes halogenated alkanes) is 1. The van der Waals surface area contributed by atoms with Gasteiger partial charge in [-0.05, 0) is 12.5 Å². The number of sulfonamides is 1. The molecule has 106 valence electrons. The molecule has 0 amide bonds. The van der Waals surface area contributed by atoms with Crippen LogP contribution in [0.4, 0.5) is 5.69 Å². The standard InChI is InChI=1S/C11H17N3O4S/c1-2-3-4-10(11(15)16)14-19(17,18)9-5-8(12)6-13-7-9/h5-7,10,14H,2-4,12H2,1H3,(H,15,16). The summed E-state index contributed by atoms with van der Waals surface area (Å²) >= 11 is 0. The number of nitrogens with two attached hydrogens (primary N) is 1. The first kappa shape index (κ1) is 15.4. The van der Waals surface area contributed by atoms with Gasteiger partial charge in [0, 0.05) is 12.4 Å². The lowest BCUT2D eigenvalue weighted by atomic mass is 10.1. The SMILES string of the molecule is CCCCC(NS(=O)(=O)c1cncc(N)c1)C(=O)O. The van der Waals surface area contributed by atoms with Gasteiger partial charge in [-0.3, -0.25) is 9.78 Å². The highest BCUT2D eigenvalue weighted by atomic mass is 32.2. The summed E-state index contributed by atoms with van der Waals surface area (Å²) in [7, 11) is -3.93. The van der Waals surface area contributed by atoms with E-state index in [-0.39, 0.29) is 17.0 Å². The number of anilines is 1. The number of nitrogen functional groups attached to an aromatic ring is 1. The quantitative estimate of drug-likeness (QED) is 0.674. The van der Waals surface area contributed by atoms with Crippen LogP contribution in [-0.4, -0.2) is 30.5 Å². The van der Waals surface area contributed by atoms with E-state index in [9.17, 15) is 13.2 Å². The molecule has 0 aliphatic carbocycles. The minimum atomic E-state index is -3.93. The van der Waals surface area contributed by atoms with Crippen LogP contribution >= 0.6 is 0 Å². The summed E-state index contributed by atoms with van der Waals surface area (Å²) in [5.41, 5.74) is 5.65. The number of hydrogen-bond donors (Lipinski definition) is 3. The van der Waals surface area contributed by atoms with Crippen LogP contribution in [0.25, 0.3) is 0 Å². The van der Waals surface area contributed by atoms with Crippen molar-refractivity contribution in [2.24, 2.45) is 0 Å². The largest absolute Gasteiger partial charge is 0.480 e. The minimum Gasteiger partial charge on any atom is -0.480 e. The number of carboxylic acid groups (broad SMARTS) is 1. The van der Waals surface area contributed by atoms with Crippen LogP contribution in [0.3, 0.4) is 0 Å². The average Bonchev–Trinajstić information content (AvgIpc) is 2.34. The second kappa shape index (κ2) is 6.48. The Morgan fingerprint density at radius 2 is 2.21 bits per heavy atom. The molecule has 0 aromatic carbocycles. The Balaban J connectivity index is 2.91. The Labute approximate surface area is 111 Å². The number of nitrogens with one attached hydrogen (secondary N) is 1. The monoisotopic (exact) mass is 287 g/mol. The van der Waals surface area contributed by atoms with E-state index in [1.165, 1.54) is 12.3 Å². The van der Waals surface area contributed by atoms with Crippen LogP contribution in [0.5, 0.6) is 0 Å². The van der Waals surface area contributed by atoms with Gasteiger partial charge in [0.15, 0.2) is 0 Å². The van der Waals surface area contributed by atoms with Crippen LogP contribution in [0.2, 0.25) is 0 Å². The maximum Gasteiger partial charge on any atom is 0.321 e. The highest BCUT2D eigenvalue weighted by Gasteiger charge is 2.25. The van der Waals surface area contributed by atoms with Crippen LogP contribution in [-0.2, 0) is 14.8 Å². The fourth-order valence-electron chi connectivity index (χ4n) is 1.48. The Bertz CT molecular complexity index is 545. The number of pyridine rings is 1. The van der Waals surface area contributed by atoms with Gasteiger partial charge in [-0.25, -0.2) is 8.42 Å². The topological polar surface area (TPSA) is 122 Å². The van der Waals surface area contributed by atoms with Crippen molar-refractivity contribution in [3.63, 3.8) is 0 Å². The van der Waals surface area contributed by atoms with Gasteiger partial charge in [0.25, 0.3) is 0 Å². The van der Waals surface area contributed by atoms with Crippen molar-refractivity contribution >= 4 is 21.7 Å². The van der Waals surface area contributed by atoms with Gasteiger partial charge in [0.05, 0.1) is 5.69 Å². The lowest BCUT2D eigenvalue weighted by Gasteiger charge is -2.14. The van der Waals surface area contributed by atoms with E-state index in [2.05, 4.69) is 9.71 Å². The number of aliphatic carboxylic acids is 1. The van der Waals surface area contributed by atoms with Gasteiger partial charge < -0.3 is 10.8 Å². The van der Waals surface area contributed by atoms with E-state index >= 15 is 0 Å². The second-order valence-electron chi connectivity index (χ2n) is 4.11. The van der Waals surface area contributed by atoms with Crippen molar-refractivity contribution in [3.05, 3.63) is 18.5 Å². The molecule has 1 atom stereocenters. The molecular formula is C11H17N3O4S. The molecule has 0 saturated carbocycles. The molecule has 1 unspecified atom stereocenters. The molecular weight excluding hydrogens is 270 g/mol. The molecule has 1 aromatic rings. The molecule has 1 rings (SSSR count). The van der Waals surface area contributed by atoms with Gasteiger partial charge in [0.2, 0.25) is 10.0 Å². The average molecular weight is 287 g/mol. The molecule has 0 spiro atoms. The Hall–Kier alpha value is -1.67. The summed E-state index contributed by atoms with van der Waals surface area (Å²) in [6.07, 6.45) is 4.07. The summed E-state index contributed by atoms with van der Waals surface area (Å²) in [6.45, 7) is 1.90. The van der Waals surface area contributed by atoms with Crippen molar-refractivity contribution in [3.8, 4) is 0 Å². The molecule has 0 bridgehead atoms. The summed E-state index contributed by atoms with van der Waals surface area (Å²) in [5, 5.41) is 9.00. The zero-order chi connectivity index (χ0) is 14.5. The van der Waals surface area contributed by atoms with Gasteiger partial charge >= 0.3 is 5.97 Å². The fraction of sp³-hybridized carbons (Fsp3) is 0.455. The van der Waals surface area contributed by atoms with Gasteiger partial charge in [-0.1, -0.05) is 19.8 Å². The van der Waals surface area contributed by atoms with Crippen molar-refractivity contribution in [1.29, 1.82) is 0 Å². The number of carboxylic acids is 1. The Morgan fingerprint density at radius 3 is 2.74 bits per heavy atom. The fourth-order valence-corrected chi connectivity index (χ4v) is 2.70. The molecule has 1 heterocycles. The molecule has 0 fully saturated rings. The summed E-state index contributed by atoms with van der Waals surface area (Å²) in [5.74, 6) is -1.20. The first-order valence-electron chi connectivity index (χ1n) is 5.82. The maximum atomic E-state index is 12.0. The maximum absolute atomic E-state index is 12.0. The van der Waals surface area contributed by atoms with Gasteiger partial charge in [-0.2, -0.15) is 4.72 Å². The van der Waals surface area contributed by atoms with Crippen molar-refractivity contribution in [1.82, 2.24) is 9.71 Å². The molecule has 0 aliphatic heterocycles. The van der Waals surface area contributed by atoms with E-state index in [0.29, 0.717) is 6.42 Å². The molecule has 0 radical (unpaired) electrons. The number of hydrogen-bond acceptors (Lipinski definition) is 5. The minimum absolute atomic E-state index is 0.143. The highest BCUT2D eigenvalue weighted by Crippen LogP contribution is 2.12. The third-order valence-electron chi connectivity index (χ3n) is 2.49. The zero-order valence-corrected chi connectivity index (χ0v) is 11.4. The van der Waals surface area contributed by atoms with Crippen molar-refractivity contribution in [2.45, 2.75) is 37.1 Å². The molecule has 0 saturated heterocycles. The van der Waals surface area contributed by atoms with Crippen LogP contribution in [0.1, 0.15) is 26.2 Å². The third kappa shape index (κ3) is 4.49. The molecule has 4 N–H and O–H groups in total. The first-order valence-corrected chi connectivity index (χ1v) is 7.30. The Morgan fingerprint density at radius 1 is 1.53 bits per heavy atom. The lowest BCUT2D eigenvalue weighted by Crippen LogP contribution is -2.40. The normalized spacial score (nSPS) is 13.1. The Kier molecular flexibility index (Phi) is 5.25. The van der Waals surface area contributed by atoms with E-state index in [4.69, 9.17) is 10.8 Å². The van der Waals surface area contributed by atoms with E-state index in [0.717, 1.165) is 12.6 Å². The predicted molar refractivity (Wildman–Crippen MR) is 69.9 cm³/mol. The molecule has 7 nitrogen and oxygen atoms in total. The zero-order valence-electron chi connectivity index (χ0n) is 10.5. The number of aromatic nitrogens is 1. The molecule has 19 heavy (non-hydrogen) atoms. The van der Waals surface area contributed by atoms with Gasteiger partial charge in [0.1, 0.15) is 10.9 Å². The van der Waals surface area contributed by atoms with E-state index in [1.54, 1.807) is 0 Å². The number of rotatable bonds is 7. The lowest BCUT2D eigenvalue weighted by molar-refractivity contribution is -0.139. The van der Waals surface area contributed by atoms with Crippen molar-refractivity contribution in [2.75, 3.05) is 5.73 Å². The van der Waals surface area contributed by atoms with Crippen LogP contribution in [0, 0.1) is 0 Å². The van der Waals surface area contributed by atoms with Crippen molar-refractivity contribution < 1.29 is 18.3 Å². The third-order valence-corrected chi connectivity index (χ3v) is 3.93. The van der Waals surface area contributed by atoms with Gasteiger partial charge in [-0.15, -0.1) is 0 Å². The summed E-state index contributed by atoms with van der Waals surface area (Å²) < 4.78 is 26.1. The highest BCUT2D eigenvalue weighted by molar-refractivity contribution is 7.89. The number of carbonyl (C=O) groups is 1. The first-order chi connectivity index (χ1) is 8.86. The number of nitrogens with zero attached hydrogens (tertiary/aromatic N) is 1. The second-order valence-corrected chi connectivity index (χ2v) is 5.82. The van der Waals surface area contributed by atoms with E-state index < -0.39 is 22.0 Å². The summed E-state index contributed by atoms with van der Waals surface area (Å²) in [4.78, 5) is 14.5. The van der Waals surface area contributed by atoms with Crippen LogP contribution < -0.4 is 10.5 Å². The van der Waals surface area contributed by atoms with E-state index in [1.807, 2.05) is 6.92 Å². The predicted octanol–water partition coefficient (Wildman–Crippen LogP) is 0.585. The smallest absolute Gasteiger partial charge is 0.321 e.